The minimum Gasteiger partial charge on any atom is -0.399 e. The van der Waals surface area contributed by atoms with Gasteiger partial charge < -0.3 is 5.73 Å². The monoisotopic (exact) mass is 261 g/mol. The molecule has 1 heterocycles. The van der Waals surface area contributed by atoms with Gasteiger partial charge in [0.25, 0.3) is 0 Å². The Balaban J connectivity index is 2.02. The second-order valence-corrected chi connectivity index (χ2v) is 4.26. The van der Waals surface area contributed by atoms with Gasteiger partial charge >= 0.3 is 0 Å². The molecule has 3 aromatic rings. The number of hydrogen-bond acceptors (Lipinski definition) is 4. The van der Waals surface area contributed by atoms with E-state index in [1.165, 1.54) is 0 Å². The van der Waals surface area contributed by atoms with Gasteiger partial charge in [-0.2, -0.15) is 5.26 Å². The molecule has 1 aromatic heterocycles. The van der Waals surface area contributed by atoms with Gasteiger partial charge in [0.1, 0.15) is 12.4 Å². The van der Waals surface area contributed by atoms with Gasteiger partial charge in [0.2, 0.25) is 0 Å². The van der Waals surface area contributed by atoms with Crippen molar-refractivity contribution < 1.29 is 0 Å². The first kappa shape index (κ1) is 11.9. The predicted molar refractivity (Wildman–Crippen MR) is 75.9 cm³/mol. The van der Waals surface area contributed by atoms with Crippen LogP contribution in [0, 0.1) is 11.3 Å². The Labute approximate surface area is 115 Å². The van der Waals surface area contributed by atoms with E-state index < -0.39 is 0 Å². The van der Waals surface area contributed by atoms with Crippen LogP contribution >= 0.6 is 0 Å². The summed E-state index contributed by atoms with van der Waals surface area (Å²) >= 11 is 0. The van der Waals surface area contributed by atoms with E-state index in [0.29, 0.717) is 22.8 Å². The third-order valence-electron chi connectivity index (χ3n) is 2.93. The molecule has 0 atom stereocenters. The van der Waals surface area contributed by atoms with E-state index in [1.807, 2.05) is 30.3 Å². The van der Waals surface area contributed by atoms with Gasteiger partial charge in [0.15, 0.2) is 5.82 Å². The van der Waals surface area contributed by atoms with Crippen LogP contribution in [0.1, 0.15) is 5.56 Å². The molecule has 0 aliphatic rings. The lowest BCUT2D eigenvalue weighted by atomic mass is 10.2. The van der Waals surface area contributed by atoms with Crippen LogP contribution in [-0.4, -0.2) is 14.8 Å². The number of benzene rings is 2. The smallest absolute Gasteiger partial charge is 0.181 e. The van der Waals surface area contributed by atoms with Crippen molar-refractivity contribution >= 4 is 5.69 Å². The first-order valence-electron chi connectivity index (χ1n) is 6.05. The number of nitriles is 1. The molecule has 0 amide bonds. The van der Waals surface area contributed by atoms with Gasteiger partial charge in [0.05, 0.1) is 11.3 Å². The maximum absolute atomic E-state index is 9.11. The molecule has 0 bridgehead atoms. The number of aromatic nitrogens is 3. The average molecular weight is 261 g/mol. The molecule has 2 N–H and O–H groups in total. The van der Waals surface area contributed by atoms with E-state index in [-0.39, 0.29) is 0 Å². The molecule has 96 valence electrons. The topological polar surface area (TPSA) is 80.5 Å². The molecule has 3 rings (SSSR count). The molecule has 0 spiro atoms. The summed E-state index contributed by atoms with van der Waals surface area (Å²) in [5, 5.41) is 13.5. The van der Waals surface area contributed by atoms with E-state index in [2.05, 4.69) is 16.2 Å². The van der Waals surface area contributed by atoms with Gasteiger partial charge in [-0.25, -0.2) is 9.67 Å². The summed E-state index contributed by atoms with van der Waals surface area (Å²) < 4.78 is 1.60. The number of hydrogen-bond donors (Lipinski definition) is 1. The Kier molecular flexibility index (Phi) is 2.90. The van der Waals surface area contributed by atoms with Crippen LogP contribution in [0.5, 0.6) is 0 Å². The molecule has 0 radical (unpaired) electrons. The first-order chi connectivity index (χ1) is 9.78. The molecule has 20 heavy (non-hydrogen) atoms. The fourth-order valence-electron chi connectivity index (χ4n) is 1.91. The van der Waals surface area contributed by atoms with E-state index in [1.54, 1.807) is 29.2 Å². The Bertz CT molecular complexity index is 781. The SMILES string of the molecule is N#Cc1ccccc1-n1cnc(-c2ccc(N)cc2)n1. The first-order valence-corrected chi connectivity index (χ1v) is 6.05. The third-order valence-corrected chi connectivity index (χ3v) is 2.93. The Morgan fingerprint density at radius 1 is 1.05 bits per heavy atom. The van der Waals surface area contributed by atoms with Crippen molar-refractivity contribution in [2.75, 3.05) is 5.73 Å². The highest BCUT2D eigenvalue weighted by Gasteiger charge is 2.08. The molecule has 5 heteroatoms. The number of anilines is 1. The zero-order valence-electron chi connectivity index (χ0n) is 10.6. The quantitative estimate of drug-likeness (QED) is 0.718. The zero-order valence-corrected chi connectivity index (χ0v) is 10.6. The molecule has 0 saturated heterocycles. The van der Waals surface area contributed by atoms with Crippen molar-refractivity contribution in [3.8, 4) is 23.1 Å². The van der Waals surface area contributed by atoms with Crippen LogP contribution in [0.4, 0.5) is 5.69 Å². The summed E-state index contributed by atoms with van der Waals surface area (Å²) in [4.78, 5) is 4.27. The molecule has 5 nitrogen and oxygen atoms in total. The van der Waals surface area contributed by atoms with Gasteiger partial charge in [-0.1, -0.05) is 12.1 Å². The number of para-hydroxylation sites is 1. The molecule has 0 aliphatic heterocycles. The van der Waals surface area contributed by atoms with Crippen molar-refractivity contribution in [2.24, 2.45) is 0 Å². The summed E-state index contributed by atoms with van der Waals surface area (Å²) in [6, 6.07) is 16.8. The second-order valence-electron chi connectivity index (χ2n) is 4.26. The highest BCUT2D eigenvalue weighted by Crippen LogP contribution is 2.18. The van der Waals surface area contributed by atoms with Crippen LogP contribution in [-0.2, 0) is 0 Å². The Morgan fingerprint density at radius 3 is 2.55 bits per heavy atom. The zero-order chi connectivity index (χ0) is 13.9. The fourth-order valence-corrected chi connectivity index (χ4v) is 1.91. The largest absolute Gasteiger partial charge is 0.399 e. The number of nitrogen functional groups attached to an aromatic ring is 1. The minimum atomic E-state index is 0.557. The van der Waals surface area contributed by atoms with Gasteiger partial charge in [-0.15, -0.1) is 5.10 Å². The van der Waals surface area contributed by atoms with Crippen LogP contribution in [0.15, 0.2) is 54.9 Å². The molecular weight excluding hydrogens is 250 g/mol. The van der Waals surface area contributed by atoms with Crippen molar-refractivity contribution in [3.63, 3.8) is 0 Å². The predicted octanol–water partition coefficient (Wildman–Crippen LogP) is 2.39. The van der Waals surface area contributed by atoms with Crippen LogP contribution in [0.2, 0.25) is 0 Å². The van der Waals surface area contributed by atoms with E-state index >= 15 is 0 Å². The maximum atomic E-state index is 9.11. The van der Waals surface area contributed by atoms with Crippen LogP contribution < -0.4 is 5.73 Å². The molecule has 0 saturated carbocycles. The number of rotatable bonds is 2. The minimum absolute atomic E-state index is 0.557. The van der Waals surface area contributed by atoms with Crippen molar-refractivity contribution in [1.29, 1.82) is 5.26 Å². The Hall–Kier alpha value is -3.13. The fraction of sp³-hybridized carbons (Fsp3) is 0. The third kappa shape index (κ3) is 2.10. The highest BCUT2D eigenvalue weighted by atomic mass is 15.3. The summed E-state index contributed by atoms with van der Waals surface area (Å²) in [7, 11) is 0. The van der Waals surface area contributed by atoms with Crippen molar-refractivity contribution in [2.45, 2.75) is 0 Å². The summed E-state index contributed by atoms with van der Waals surface area (Å²) in [5.74, 6) is 0.595. The average Bonchev–Trinajstić information content (AvgIpc) is 2.97. The summed E-state index contributed by atoms with van der Waals surface area (Å²) in [6.45, 7) is 0. The van der Waals surface area contributed by atoms with E-state index in [9.17, 15) is 0 Å². The highest BCUT2D eigenvalue weighted by molar-refractivity contribution is 5.58. The number of nitrogens with two attached hydrogens (primary N) is 1. The van der Waals surface area contributed by atoms with E-state index in [4.69, 9.17) is 11.0 Å². The second kappa shape index (κ2) is 4.86. The van der Waals surface area contributed by atoms with Gasteiger partial charge in [-0.3, -0.25) is 0 Å². The molecule has 0 aliphatic carbocycles. The Morgan fingerprint density at radius 2 is 1.80 bits per heavy atom. The van der Waals surface area contributed by atoms with Crippen LogP contribution in [0.25, 0.3) is 17.1 Å². The molecule has 2 aromatic carbocycles. The molecular formula is C15H11N5. The summed E-state index contributed by atoms with van der Waals surface area (Å²) in [5.41, 5.74) is 8.50. The lowest BCUT2D eigenvalue weighted by Crippen LogP contribution is -1.98. The van der Waals surface area contributed by atoms with E-state index in [0.717, 1.165) is 5.56 Å². The summed E-state index contributed by atoms with van der Waals surface area (Å²) in [6.07, 6.45) is 1.60. The molecule has 0 unspecified atom stereocenters. The lowest BCUT2D eigenvalue weighted by molar-refractivity contribution is 0.879. The van der Waals surface area contributed by atoms with Crippen molar-refractivity contribution in [1.82, 2.24) is 14.8 Å². The van der Waals surface area contributed by atoms with Gasteiger partial charge in [0, 0.05) is 11.3 Å². The molecule has 0 fully saturated rings. The maximum Gasteiger partial charge on any atom is 0.181 e. The van der Waals surface area contributed by atoms with Crippen molar-refractivity contribution in [3.05, 3.63) is 60.4 Å². The van der Waals surface area contributed by atoms with Crippen LogP contribution in [0.3, 0.4) is 0 Å². The number of nitrogens with zero attached hydrogens (tertiary/aromatic N) is 4. The lowest BCUT2D eigenvalue weighted by Gasteiger charge is -2.01. The standard InChI is InChI=1S/C15H11N5/c16-9-12-3-1-2-4-14(12)20-10-18-15(19-20)11-5-7-13(17)8-6-11/h1-8,10H,17H2. The normalized spacial score (nSPS) is 10.2. The van der Waals surface area contributed by atoms with Gasteiger partial charge in [-0.05, 0) is 36.4 Å².